The average molecular weight is 271 g/mol. The van der Waals surface area contributed by atoms with E-state index in [1.165, 1.54) is 31.2 Å². The van der Waals surface area contributed by atoms with E-state index in [1.54, 1.807) is 0 Å². The molecule has 0 aliphatic carbocycles. The second-order valence-corrected chi connectivity index (χ2v) is 5.29. The predicted molar refractivity (Wildman–Crippen MR) is 84.1 cm³/mol. The third-order valence-electron chi connectivity index (χ3n) is 3.60. The molecular formula is C17H25N3. The molecule has 1 unspecified atom stereocenters. The minimum atomic E-state index is 0.356. The standard InChI is InChI=1S/C17H25N3/c1-3-4-5-9-12-18-15(2)16-13-19-20(14-16)17-10-7-6-8-11-17/h6-8,10-11,13-15,18H,3-5,9,12H2,1-2H3. The minimum Gasteiger partial charge on any atom is -0.310 e. The largest absolute Gasteiger partial charge is 0.310 e. The first-order chi connectivity index (χ1) is 9.81. The van der Waals surface area contributed by atoms with Gasteiger partial charge in [-0.1, -0.05) is 44.4 Å². The van der Waals surface area contributed by atoms with Gasteiger partial charge in [0.1, 0.15) is 0 Å². The Kier molecular flexibility index (Phi) is 5.81. The van der Waals surface area contributed by atoms with Gasteiger partial charge >= 0.3 is 0 Å². The van der Waals surface area contributed by atoms with E-state index >= 15 is 0 Å². The van der Waals surface area contributed by atoms with Crippen LogP contribution in [0.5, 0.6) is 0 Å². The van der Waals surface area contributed by atoms with Crippen LogP contribution in [0, 0.1) is 0 Å². The zero-order chi connectivity index (χ0) is 14.2. The van der Waals surface area contributed by atoms with Crippen molar-refractivity contribution in [2.45, 2.75) is 45.6 Å². The van der Waals surface area contributed by atoms with Gasteiger partial charge in [0.05, 0.1) is 11.9 Å². The normalized spacial score (nSPS) is 12.5. The van der Waals surface area contributed by atoms with Gasteiger partial charge in [-0.05, 0) is 32.0 Å². The number of rotatable bonds is 8. The van der Waals surface area contributed by atoms with E-state index in [0.717, 1.165) is 12.2 Å². The maximum atomic E-state index is 4.44. The molecule has 1 heterocycles. The summed E-state index contributed by atoms with van der Waals surface area (Å²) in [4.78, 5) is 0. The second kappa shape index (κ2) is 7.85. The predicted octanol–water partition coefficient (Wildman–Crippen LogP) is 4.10. The third-order valence-corrected chi connectivity index (χ3v) is 3.60. The molecule has 3 heteroatoms. The van der Waals surface area contributed by atoms with Gasteiger partial charge in [-0.2, -0.15) is 5.10 Å². The Balaban J connectivity index is 1.85. The maximum Gasteiger partial charge on any atom is 0.0645 e. The van der Waals surface area contributed by atoms with Gasteiger partial charge in [0.25, 0.3) is 0 Å². The molecule has 0 aliphatic rings. The van der Waals surface area contributed by atoms with E-state index in [2.05, 4.69) is 42.6 Å². The first-order valence-corrected chi connectivity index (χ1v) is 7.64. The van der Waals surface area contributed by atoms with Crippen molar-refractivity contribution in [3.8, 4) is 5.69 Å². The number of para-hydroxylation sites is 1. The lowest BCUT2D eigenvalue weighted by Crippen LogP contribution is -2.19. The first-order valence-electron chi connectivity index (χ1n) is 7.64. The van der Waals surface area contributed by atoms with E-state index < -0.39 is 0 Å². The quantitative estimate of drug-likeness (QED) is 0.732. The number of nitrogens with zero attached hydrogens (tertiary/aromatic N) is 2. The van der Waals surface area contributed by atoms with Crippen LogP contribution in [0.2, 0.25) is 0 Å². The van der Waals surface area contributed by atoms with Crippen LogP contribution < -0.4 is 5.32 Å². The summed E-state index contributed by atoms with van der Waals surface area (Å²) in [6.45, 7) is 5.53. The Morgan fingerprint density at radius 3 is 2.70 bits per heavy atom. The number of hydrogen-bond acceptors (Lipinski definition) is 2. The Morgan fingerprint density at radius 1 is 1.15 bits per heavy atom. The molecule has 0 amide bonds. The molecule has 0 bridgehead atoms. The first kappa shape index (κ1) is 14.8. The summed E-state index contributed by atoms with van der Waals surface area (Å²) in [5, 5.41) is 8.01. The molecule has 1 aromatic heterocycles. The highest BCUT2D eigenvalue weighted by atomic mass is 15.3. The van der Waals surface area contributed by atoms with Crippen molar-refractivity contribution in [2.24, 2.45) is 0 Å². The molecular weight excluding hydrogens is 246 g/mol. The molecule has 1 aromatic carbocycles. The van der Waals surface area contributed by atoms with E-state index in [0.29, 0.717) is 6.04 Å². The van der Waals surface area contributed by atoms with Gasteiger partial charge in [-0.3, -0.25) is 0 Å². The van der Waals surface area contributed by atoms with Crippen molar-refractivity contribution in [1.82, 2.24) is 15.1 Å². The summed E-state index contributed by atoms with van der Waals surface area (Å²) in [6.07, 6.45) is 9.27. The van der Waals surface area contributed by atoms with Crippen LogP contribution in [0.25, 0.3) is 5.69 Å². The summed E-state index contributed by atoms with van der Waals surface area (Å²) >= 11 is 0. The fraction of sp³-hybridized carbons (Fsp3) is 0.471. The molecule has 108 valence electrons. The molecule has 0 spiro atoms. The van der Waals surface area contributed by atoms with Crippen LogP contribution in [-0.2, 0) is 0 Å². The van der Waals surface area contributed by atoms with Crippen molar-refractivity contribution in [3.63, 3.8) is 0 Å². The van der Waals surface area contributed by atoms with Crippen molar-refractivity contribution in [2.75, 3.05) is 6.54 Å². The number of benzene rings is 1. The highest BCUT2D eigenvalue weighted by molar-refractivity contribution is 5.31. The number of hydrogen-bond donors (Lipinski definition) is 1. The van der Waals surface area contributed by atoms with Gasteiger partial charge in [-0.25, -0.2) is 4.68 Å². The maximum absolute atomic E-state index is 4.44. The molecule has 2 aromatic rings. The van der Waals surface area contributed by atoms with Gasteiger partial charge in [-0.15, -0.1) is 0 Å². The molecule has 0 aliphatic heterocycles. The molecule has 0 radical (unpaired) electrons. The molecule has 1 N–H and O–H groups in total. The summed E-state index contributed by atoms with van der Waals surface area (Å²) in [5.41, 5.74) is 2.35. The van der Waals surface area contributed by atoms with Gasteiger partial charge < -0.3 is 5.32 Å². The molecule has 20 heavy (non-hydrogen) atoms. The molecule has 2 rings (SSSR count). The zero-order valence-corrected chi connectivity index (χ0v) is 12.5. The van der Waals surface area contributed by atoms with E-state index in [-0.39, 0.29) is 0 Å². The van der Waals surface area contributed by atoms with E-state index in [1.807, 2.05) is 29.1 Å². The molecule has 3 nitrogen and oxygen atoms in total. The second-order valence-electron chi connectivity index (χ2n) is 5.29. The minimum absolute atomic E-state index is 0.356. The Labute approximate surface area is 122 Å². The number of unbranched alkanes of at least 4 members (excludes halogenated alkanes) is 3. The van der Waals surface area contributed by atoms with Crippen molar-refractivity contribution in [1.29, 1.82) is 0 Å². The summed E-state index contributed by atoms with van der Waals surface area (Å²) in [6, 6.07) is 10.6. The molecule has 0 saturated carbocycles. The molecule has 0 saturated heterocycles. The SMILES string of the molecule is CCCCCCNC(C)c1cnn(-c2ccccc2)c1. The van der Waals surface area contributed by atoms with Gasteiger partial charge in [0.15, 0.2) is 0 Å². The lowest BCUT2D eigenvalue weighted by atomic mass is 10.1. The van der Waals surface area contributed by atoms with E-state index in [9.17, 15) is 0 Å². The summed E-state index contributed by atoms with van der Waals surface area (Å²) in [7, 11) is 0. The fourth-order valence-corrected chi connectivity index (χ4v) is 2.27. The van der Waals surface area contributed by atoms with Crippen LogP contribution >= 0.6 is 0 Å². The highest BCUT2D eigenvalue weighted by Gasteiger charge is 2.07. The van der Waals surface area contributed by atoms with Crippen LogP contribution in [-0.4, -0.2) is 16.3 Å². The smallest absolute Gasteiger partial charge is 0.0645 e. The lowest BCUT2D eigenvalue weighted by Gasteiger charge is -2.11. The van der Waals surface area contributed by atoms with E-state index in [4.69, 9.17) is 0 Å². The highest BCUT2D eigenvalue weighted by Crippen LogP contribution is 2.14. The van der Waals surface area contributed by atoms with Crippen LogP contribution in [0.3, 0.4) is 0 Å². The van der Waals surface area contributed by atoms with Crippen LogP contribution in [0.1, 0.15) is 51.1 Å². The lowest BCUT2D eigenvalue weighted by molar-refractivity contribution is 0.536. The fourth-order valence-electron chi connectivity index (χ4n) is 2.27. The average Bonchev–Trinajstić information content (AvgIpc) is 2.98. The van der Waals surface area contributed by atoms with Crippen molar-refractivity contribution < 1.29 is 0 Å². The summed E-state index contributed by atoms with van der Waals surface area (Å²) in [5.74, 6) is 0. The van der Waals surface area contributed by atoms with Crippen molar-refractivity contribution >= 4 is 0 Å². The third kappa shape index (κ3) is 4.20. The Bertz CT molecular complexity index is 490. The molecule has 1 atom stereocenters. The van der Waals surface area contributed by atoms with Gasteiger partial charge in [0.2, 0.25) is 0 Å². The number of aromatic nitrogens is 2. The number of nitrogens with one attached hydrogen (secondary N) is 1. The Hall–Kier alpha value is -1.61. The summed E-state index contributed by atoms with van der Waals surface area (Å²) < 4.78 is 1.94. The zero-order valence-electron chi connectivity index (χ0n) is 12.5. The van der Waals surface area contributed by atoms with Crippen LogP contribution in [0.15, 0.2) is 42.7 Å². The molecule has 0 fully saturated rings. The Morgan fingerprint density at radius 2 is 1.95 bits per heavy atom. The van der Waals surface area contributed by atoms with Gasteiger partial charge in [0, 0.05) is 17.8 Å². The van der Waals surface area contributed by atoms with Crippen LogP contribution in [0.4, 0.5) is 0 Å². The monoisotopic (exact) mass is 271 g/mol. The van der Waals surface area contributed by atoms with Crippen molar-refractivity contribution in [3.05, 3.63) is 48.3 Å². The topological polar surface area (TPSA) is 29.9 Å².